The van der Waals surface area contributed by atoms with Crippen molar-refractivity contribution in [2.45, 2.75) is 12.8 Å². The molecule has 0 aromatic carbocycles. The zero-order valence-corrected chi connectivity index (χ0v) is 5.63. The number of allylic oxidation sites excluding steroid dienone is 2. The minimum absolute atomic E-state index is 0.774. The first kappa shape index (κ1) is 8.19. The molecule has 0 aliphatic rings. The van der Waals surface area contributed by atoms with E-state index >= 15 is 0 Å². The van der Waals surface area contributed by atoms with Crippen LogP contribution in [0.3, 0.4) is 0 Å². The Balaban J connectivity index is 2.93. The van der Waals surface area contributed by atoms with Crippen LogP contribution in [0.25, 0.3) is 0 Å². The van der Waals surface area contributed by atoms with Crippen molar-refractivity contribution >= 4 is 0 Å². The van der Waals surface area contributed by atoms with E-state index in [1.807, 2.05) is 12.1 Å². The lowest BCUT2D eigenvalue weighted by Gasteiger charge is -1.91. The molecule has 9 heavy (non-hydrogen) atoms. The van der Waals surface area contributed by atoms with Gasteiger partial charge in [0.1, 0.15) is 0 Å². The quantitative estimate of drug-likeness (QED) is 0.421. The average molecular weight is 125 g/mol. The average Bonchev–Trinajstić information content (AvgIpc) is 1.89. The molecule has 0 rings (SSSR count). The van der Waals surface area contributed by atoms with Gasteiger partial charge in [0.05, 0.1) is 6.07 Å². The van der Waals surface area contributed by atoms with Crippen molar-refractivity contribution in [3.63, 3.8) is 0 Å². The van der Waals surface area contributed by atoms with Crippen molar-refractivity contribution in [3.8, 4) is 6.07 Å². The first-order chi connectivity index (χ1) is 4.41. The molecule has 0 fully saturated rings. The Hall–Kier alpha value is -0.810. The summed E-state index contributed by atoms with van der Waals surface area (Å²) in [4.78, 5) is 0. The summed E-state index contributed by atoms with van der Waals surface area (Å²) in [5, 5.41) is 8.05. The van der Waals surface area contributed by atoms with E-state index in [0.29, 0.717) is 0 Å². The van der Waals surface area contributed by atoms with Crippen molar-refractivity contribution in [3.05, 3.63) is 12.2 Å². The van der Waals surface area contributed by atoms with Gasteiger partial charge in [-0.1, -0.05) is 6.08 Å². The van der Waals surface area contributed by atoms with Gasteiger partial charge in [-0.15, -0.1) is 0 Å². The lowest BCUT2D eigenvalue weighted by atomic mass is 10.3. The van der Waals surface area contributed by atoms with Gasteiger partial charge in [-0.25, -0.2) is 0 Å². The maximum Gasteiger partial charge on any atom is 0.0908 e. The summed E-state index contributed by atoms with van der Waals surface area (Å²) in [7, 11) is 1.67. The molecule has 2 heteroatoms. The summed E-state index contributed by atoms with van der Waals surface area (Å²) < 4.78 is 4.81. The molecule has 50 valence electrons. The van der Waals surface area contributed by atoms with Gasteiger partial charge in [0, 0.05) is 19.8 Å². The van der Waals surface area contributed by atoms with Gasteiger partial charge in [0.2, 0.25) is 0 Å². The second kappa shape index (κ2) is 7.19. The van der Waals surface area contributed by atoms with Crippen LogP contribution in [0.5, 0.6) is 0 Å². The maximum absolute atomic E-state index is 8.05. The monoisotopic (exact) mass is 125 g/mol. The molecule has 0 unspecified atom stereocenters. The summed E-state index contributed by atoms with van der Waals surface area (Å²) >= 11 is 0. The molecule has 0 heterocycles. The Labute approximate surface area is 55.7 Å². The normalized spacial score (nSPS) is 9.78. The van der Waals surface area contributed by atoms with E-state index in [4.69, 9.17) is 10.00 Å². The molecule has 0 amide bonds. The van der Waals surface area contributed by atoms with E-state index in [-0.39, 0.29) is 0 Å². The van der Waals surface area contributed by atoms with Crippen LogP contribution in [-0.2, 0) is 4.74 Å². The molecule has 0 aliphatic heterocycles. The third-order valence-electron chi connectivity index (χ3n) is 0.912. The van der Waals surface area contributed by atoms with Crippen LogP contribution in [0.2, 0.25) is 0 Å². The highest BCUT2D eigenvalue weighted by Gasteiger charge is 1.79. The van der Waals surface area contributed by atoms with E-state index in [0.717, 1.165) is 19.4 Å². The summed E-state index contributed by atoms with van der Waals surface area (Å²) in [5.41, 5.74) is 0. The number of nitriles is 1. The first-order valence-electron chi connectivity index (χ1n) is 2.95. The van der Waals surface area contributed by atoms with E-state index in [1.165, 1.54) is 6.08 Å². The van der Waals surface area contributed by atoms with Crippen LogP contribution < -0.4 is 0 Å². The fourth-order valence-electron chi connectivity index (χ4n) is 0.482. The van der Waals surface area contributed by atoms with Crippen molar-refractivity contribution in [1.29, 1.82) is 5.26 Å². The largest absolute Gasteiger partial charge is 0.385 e. The highest BCUT2D eigenvalue weighted by molar-refractivity contribution is 5.01. The number of rotatable bonds is 4. The molecule has 0 bridgehead atoms. The van der Waals surface area contributed by atoms with Gasteiger partial charge in [0.25, 0.3) is 0 Å². The van der Waals surface area contributed by atoms with E-state index in [2.05, 4.69) is 0 Å². The topological polar surface area (TPSA) is 33.0 Å². The predicted molar refractivity (Wildman–Crippen MR) is 35.9 cm³/mol. The second-order valence-corrected chi connectivity index (χ2v) is 1.67. The Morgan fingerprint density at radius 1 is 1.67 bits per heavy atom. The number of methoxy groups -OCH3 is 1. The molecule has 0 radical (unpaired) electrons. The highest BCUT2D eigenvalue weighted by atomic mass is 16.5. The third-order valence-corrected chi connectivity index (χ3v) is 0.912. The number of nitrogens with zero attached hydrogens (tertiary/aromatic N) is 1. The van der Waals surface area contributed by atoms with Crippen molar-refractivity contribution in [2.75, 3.05) is 13.7 Å². The van der Waals surface area contributed by atoms with Crippen LogP contribution in [-0.4, -0.2) is 13.7 Å². The molecular weight excluding hydrogens is 114 g/mol. The van der Waals surface area contributed by atoms with Gasteiger partial charge >= 0.3 is 0 Å². The summed E-state index contributed by atoms with van der Waals surface area (Å²) in [6.07, 6.45) is 5.27. The molecule has 0 N–H and O–H groups in total. The smallest absolute Gasteiger partial charge is 0.0908 e. The van der Waals surface area contributed by atoms with E-state index in [9.17, 15) is 0 Å². The van der Waals surface area contributed by atoms with Gasteiger partial charge in [-0.05, 0) is 12.8 Å². The van der Waals surface area contributed by atoms with Gasteiger partial charge in [-0.2, -0.15) is 5.26 Å². The summed E-state index contributed by atoms with van der Waals surface area (Å²) in [5.74, 6) is 0. The molecule has 0 aromatic rings. The second-order valence-electron chi connectivity index (χ2n) is 1.67. The predicted octanol–water partition coefficient (Wildman–Crippen LogP) is 1.49. The first-order valence-corrected chi connectivity index (χ1v) is 2.95. The fourth-order valence-corrected chi connectivity index (χ4v) is 0.482. The Morgan fingerprint density at radius 3 is 3.00 bits per heavy atom. The lowest BCUT2D eigenvalue weighted by Crippen LogP contribution is -1.85. The third kappa shape index (κ3) is 7.19. The Morgan fingerprint density at radius 2 is 2.44 bits per heavy atom. The summed E-state index contributed by atoms with van der Waals surface area (Å²) in [6, 6.07) is 1.92. The van der Waals surface area contributed by atoms with Crippen molar-refractivity contribution < 1.29 is 4.74 Å². The van der Waals surface area contributed by atoms with Crippen LogP contribution in [0.1, 0.15) is 12.8 Å². The van der Waals surface area contributed by atoms with Crippen molar-refractivity contribution in [2.24, 2.45) is 0 Å². The van der Waals surface area contributed by atoms with Crippen LogP contribution in [0, 0.1) is 11.3 Å². The minimum atomic E-state index is 0.774. The number of hydrogen-bond acceptors (Lipinski definition) is 2. The minimum Gasteiger partial charge on any atom is -0.385 e. The van der Waals surface area contributed by atoms with Crippen LogP contribution in [0.4, 0.5) is 0 Å². The standard InChI is InChI=1S/C7H11NO/c1-9-7-5-3-2-4-6-8/h2,4H,3,5,7H2,1H3/b4-2+. The summed E-state index contributed by atoms with van der Waals surface area (Å²) in [6.45, 7) is 0.774. The molecule has 0 saturated heterocycles. The van der Waals surface area contributed by atoms with Crippen molar-refractivity contribution in [1.82, 2.24) is 0 Å². The van der Waals surface area contributed by atoms with E-state index < -0.39 is 0 Å². The maximum atomic E-state index is 8.05. The zero-order chi connectivity index (χ0) is 6.95. The number of unbranched alkanes of at least 4 members (excludes halogenated alkanes) is 1. The number of hydrogen-bond donors (Lipinski definition) is 0. The molecule has 0 atom stereocenters. The Kier molecular flexibility index (Phi) is 6.54. The lowest BCUT2D eigenvalue weighted by molar-refractivity contribution is 0.196. The zero-order valence-electron chi connectivity index (χ0n) is 5.63. The fraction of sp³-hybridized carbons (Fsp3) is 0.571. The molecule has 0 aliphatic carbocycles. The van der Waals surface area contributed by atoms with Gasteiger partial charge in [0.15, 0.2) is 0 Å². The highest BCUT2D eigenvalue weighted by Crippen LogP contribution is 1.89. The Bertz CT molecular complexity index is 113. The SMILES string of the molecule is COCCC/C=C/C#N. The van der Waals surface area contributed by atoms with Gasteiger partial charge < -0.3 is 4.74 Å². The molecule has 2 nitrogen and oxygen atoms in total. The van der Waals surface area contributed by atoms with Crippen LogP contribution in [0.15, 0.2) is 12.2 Å². The molecule has 0 spiro atoms. The molecule has 0 saturated carbocycles. The van der Waals surface area contributed by atoms with Gasteiger partial charge in [-0.3, -0.25) is 0 Å². The molecular formula is C7H11NO. The molecule has 0 aromatic heterocycles. The number of ether oxygens (including phenoxy) is 1. The van der Waals surface area contributed by atoms with E-state index in [1.54, 1.807) is 7.11 Å². The van der Waals surface area contributed by atoms with Crippen LogP contribution >= 0.6 is 0 Å².